The van der Waals surface area contributed by atoms with E-state index in [1.54, 1.807) is 36.4 Å². The number of allylic oxidation sites excluding steroid dienone is 3. The number of aliphatic hydroxyl groups excluding tert-OH is 1. The van der Waals surface area contributed by atoms with Crippen LogP contribution >= 0.6 is 0 Å². The highest BCUT2D eigenvalue weighted by atomic mass is 16.5. The lowest BCUT2D eigenvalue weighted by molar-refractivity contribution is -0.110. The normalized spacial score (nSPS) is 11.8. The van der Waals surface area contributed by atoms with Gasteiger partial charge in [-0.25, -0.2) is 0 Å². The lowest BCUT2D eigenvalue weighted by Gasteiger charge is -2.12. The number of benzene rings is 2. The van der Waals surface area contributed by atoms with Crippen LogP contribution in [0.3, 0.4) is 0 Å². The molecule has 2 aromatic carbocycles. The number of ether oxygens (including phenoxy) is 3. The molecule has 2 N–H and O–H groups in total. The van der Waals surface area contributed by atoms with Crippen LogP contribution in [0.15, 0.2) is 60.4 Å². The molecule has 0 aliphatic rings. The largest absolute Gasteiger partial charge is 0.508 e. The van der Waals surface area contributed by atoms with Crippen molar-refractivity contribution in [1.82, 2.24) is 0 Å². The zero-order chi connectivity index (χ0) is 20.5. The zero-order valence-electron chi connectivity index (χ0n) is 15.9. The van der Waals surface area contributed by atoms with Crippen LogP contribution in [0.25, 0.3) is 12.2 Å². The minimum Gasteiger partial charge on any atom is -0.508 e. The van der Waals surface area contributed by atoms with Crippen molar-refractivity contribution in [1.29, 1.82) is 0 Å². The first-order valence-corrected chi connectivity index (χ1v) is 8.36. The summed E-state index contributed by atoms with van der Waals surface area (Å²) in [5.41, 5.74) is 1.45. The average Bonchev–Trinajstić information content (AvgIpc) is 2.70. The van der Waals surface area contributed by atoms with Gasteiger partial charge in [0.25, 0.3) is 0 Å². The molecule has 146 valence electrons. The molecule has 0 saturated heterocycles. The van der Waals surface area contributed by atoms with E-state index in [-0.39, 0.29) is 17.3 Å². The van der Waals surface area contributed by atoms with Crippen molar-refractivity contribution in [2.45, 2.75) is 0 Å². The van der Waals surface area contributed by atoms with Gasteiger partial charge in [-0.3, -0.25) is 4.79 Å². The Hall–Kier alpha value is -3.67. The number of hydrogen-bond donors (Lipinski definition) is 2. The maximum atomic E-state index is 11.9. The first-order chi connectivity index (χ1) is 13.5. The number of aromatic hydroxyl groups is 1. The summed E-state index contributed by atoms with van der Waals surface area (Å²) in [6, 6.07) is 9.84. The van der Waals surface area contributed by atoms with E-state index >= 15 is 0 Å². The van der Waals surface area contributed by atoms with E-state index in [2.05, 4.69) is 0 Å². The third-order valence-electron chi connectivity index (χ3n) is 3.76. The molecule has 0 amide bonds. The van der Waals surface area contributed by atoms with E-state index in [0.29, 0.717) is 22.8 Å². The van der Waals surface area contributed by atoms with Gasteiger partial charge in [0.1, 0.15) is 11.5 Å². The summed E-state index contributed by atoms with van der Waals surface area (Å²) in [5, 5.41) is 19.2. The number of phenols is 1. The monoisotopic (exact) mass is 382 g/mol. The molecular weight excluding hydrogens is 360 g/mol. The predicted molar refractivity (Wildman–Crippen MR) is 108 cm³/mol. The van der Waals surface area contributed by atoms with Crippen molar-refractivity contribution in [2.75, 3.05) is 21.3 Å². The fourth-order valence-corrected chi connectivity index (χ4v) is 2.38. The second-order valence-electron chi connectivity index (χ2n) is 5.69. The average molecular weight is 382 g/mol. The van der Waals surface area contributed by atoms with Crippen LogP contribution in [-0.4, -0.2) is 37.3 Å². The van der Waals surface area contributed by atoms with Gasteiger partial charge in [0.05, 0.1) is 21.3 Å². The molecule has 0 saturated carbocycles. The predicted octanol–water partition coefficient (Wildman–Crippen LogP) is 4.16. The molecule has 0 aliphatic heterocycles. The van der Waals surface area contributed by atoms with Gasteiger partial charge in [0.15, 0.2) is 17.3 Å². The van der Waals surface area contributed by atoms with Crippen LogP contribution in [0.5, 0.6) is 23.0 Å². The maximum Gasteiger partial charge on any atom is 0.203 e. The van der Waals surface area contributed by atoms with Crippen molar-refractivity contribution >= 4 is 17.9 Å². The van der Waals surface area contributed by atoms with Crippen LogP contribution in [-0.2, 0) is 4.79 Å². The number of rotatable bonds is 8. The van der Waals surface area contributed by atoms with Crippen molar-refractivity contribution in [3.63, 3.8) is 0 Å². The van der Waals surface area contributed by atoms with Gasteiger partial charge in [0.2, 0.25) is 5.75 Å². The number of hydrogen-bond acceptors (Lipinski definition) is 6. The molecule has 0 aliphatic carbocycles. The van der Waals surface area contributed by atoms with Gasteiger partial charge >= 0.3 is 0 Å². The van der Waals surface area contributed by atoms with E-state index in [4.69, 9.17) is 14.2 Å². The Morgan fingerprint density at radius 2 is 1.43 bits per heavy atom. The van der Waals surface area contributed by atoms with Gasteiger partial charge in [-0.15, -0.1) is 0 Å². The van der Waals surface area contributed by atoms with Crippen LogP contribution < -0.4 is 14.2 Å². The number of methoxy groups -OCH3 is 3. The summed E-state index contributed by atoms with van der Waals surface area (Å²) in [7, 11) is 4.55. The number of carbonyl (C=O) groups is 1. The second kappa shape index (κ2) is 9.87. The third kappa shape index (κ3) is 5.67. The topological polar surface area (TPSA) is 85.2 Å². The second-order valence-corrected chi connectivity index (χ2v) is 5.69. The first kappa shape index (κ1) is 20.6. The molecule has 0 heterocycles. The molecule has 0 unspecified atom stereocenters. The third-order valence-corrected chi connectivity index (χ3v) is 3.76. The Kier molecular flexibility index (Phi) is 7.28. The lowest BCUT2D eigenvalue weighted by atomic mass is 10.1. The number of aliphatic hydroxyl groups is 1. The van der Waals surface area contributed by atoms with Crippen LogP contribution in [0, 0.1) is 0 Å². The van der Waals surface area contributed by atoms with Gasteiger partial charge < -0.3 is 24.4 Å². The summed E-state index contributed by atoms with van der Waals surface area (Å²) in [6.07, 6.45) is 7.04. The van der Waals surface area contributed by atoms with Gasteiger partial charge in [-0.1, -0.05) is 24.3 Å². The minimum absolute atomic E-state index is 0.151. The van der Waals surface area contributed by atoms with Gasteiger partial charge in [-0.05, 0) is 47.5 Å². The Bertz CT molecular complexity index is 882. The SMILES string of the molecule is COc1cc(/C=C/C(O)=C/C(=O)/C=C/c2ccc(O)cc2)cc(OC)c1OC. The first-order valence-electron chi connectivity index (χ1n) is 8.36. The highest BCUT2D eigenvalue weighted by Gasteiger charge is 2.12. The Labute approximate surface area is 163 Å². The fraction of sp³-hybridized carbons (Fsp3) is 0.136. The maximum absolute atomic E-state index is 11.9. The van der Waals surface area contributed by atoms with E-state index < -0.39 is 0 Å². The molecule has 0 atom stereocenters. The molecule has 0 radical (unpaired) electrons. The van der Waals surface area contributed by atoms with Crippen LogP contribution in [0.4, 0.5) is 0 Å². The van der Waals surface area contributed by atoms with E-state index in [9.17, 15) is 15.0 Å². The number of ketones is 1. The summed E-state index contributed by atoms with van der Waals surface area (Å²) in [6.45, 7) is 0. The Morgan fingerprint density at radius 1 is 0.857 bits per heavy atom. The standard InChI is InChI=1S/C22H22O6/c1-26-20-12-16(13-21(27-2)22(20)28-3)7-11-19(25)14-18(24)10-6-15-4-8-17(23)9-5-15/h4-14,23,25H,1-3H3/b10-6+,11-7+,19-14-. The number of phenolic OH excluding ortho intramolecular Hbond substituents is 1. The minimum atomic E-state index is -0.375. The van der Waals surface area contributed by atoms with Crippen molar-refractivity contribution in [3.05, 3.63) is 71.5 Å². The fourth-order valence-electron chi connectivity index (χ4n) is 2.38. The van der Waals surface area contributed by atoms with Gasteiger partial charge in [-0.2, -0.15) is 0 Å². The molecular formula is C22H22O6. The zero-order valence-corrected chi connectivity index (χ0v) is 15.9. The van der Waals surface area contributed by atoms with Crippen molar-refractivity contribution in [2.24, 2.45) is 0 Å². The summed E-state index contributed by atoms with van der Waals surface area (Å²) < 4.78 is 15.8. The number of carbonyl (C=O) groups excluding carboxylic acids is 1. The van der Waals surface area contributed by atoms with E-state index in [1.807, 2.05) is 0 Å². The highest BCUT2D eigenvalue weighted by Crippen LogP contribution is 2.38. The molecule has 0 bridgehead atoms. The lowest BCUT2D eigenvalue weighted by Crippen LogP contribution is -1.95. The highest BCUT2D eigenvalue weighted by molar-refractivity contribution is 6.02. The molecule has 0 aromatic heterocycles. The van der Waals surface area contributed by atoms with Crippen LogP contribution in [0.1, 0.15) is 11.1 Å². The molecule has 6 heteroatoms. The van der Waals surface area contributed by atoms with E-state index in [0.717, 1.165) is 11.6 Å². The Morgan fingerprint density at radius 3 is 1.96 bits per heavy atom. The van der Waals surface area contributed by atoms with Crippen molar-refractivity contribution < 1.29 is 29.2 Å². The van der Waals surface area contributed by atoms with Gasteiger partial charge in [0, 0.05) is 6.08 Å². The quantitative estimate of drug-likeness (QED) is 0.405. The van der Waals surface area contributed by atoms with E-state index in [1.165, 1.54) is 45.6 Å². The smallest absolute Gasteiger partial charge is 0.203 e. The molecule has 0 fully saturated rings. The summed E-state index contributed by atoms with van der Waals surface area (Å²) in [5.74, 6) is 1.01. The Balaban J connectivity index is 2.12. The van der Waals surface area contributed by atoms with Crippen molar-refractivity contribution in [3.8, 4) is 23.0 Å². The molecule has 2 rings (SSSR count). The molecule has 6 nitrogen and oxygen atoms in total. The molecule has 0 spiro atoms. The molecule has 2 aromatic rings. The van der Waals surface area contributed by atoms with Crippen LogP contribution in [0.2, 0.25) is 0 Å². The molecule has 28 heavy (non-hydrogen) atoms. The summed E-state index contributed by atoms with van der Waals surface area (Å²) >= 11 is 0. The summed E-state index contributed by atoms with van der Waals surface area (Å²) in [4.78, 5) is 11.9.